The molecule has 5 nitrogen and oxygen atoms in total. The number of carbonyl (C=O) groups excluding carboxylic acids is 1. The normalized spacial score (nSPS) is 10.7. The molecule has 0 saturated carbocycles. The van der Waals surface area contributed by atoms with Crippen molar-refractivity contribution in [3.63, 3.8) is 0 Å². The van der Waals surface area contributed by atoms with Crippen molar-refractivity contribution < 1.29 is 4.79 Å². The number of amides is 1. The van der Waals surface area contributed by atoms with Crippen LogP contribution in [0.5, 0.6) is 0 Å². The summed E-state index contributed by atoms with van der Waals surface area (Å²) in [7, 11) is 8.12. The Labute approximate surface area is 128 Å². The van der Waals surface area contributed by atoms with Gasteiger partial charge in [0.25, 0.3) is 0 Å². The smallest absolute Gasteiger partial charge is 0.225 e. The van der Waals surface area contributed by atoms with Crippen LogP contribution in [0.15, 0.2) is 24.3 Å². The number of rotatable bonds is 9. The van der Waals surface area contributed by atoms with Crippen molar-refractivity contribution in [3.8, 4) is 0 Å². The zero-order valence-corrected chi connectivity index (χ0v) is 13.6. The second kappa shape index (κ2) is 9.37. The molecule has 0 aromatic heterocycles. The summed E-state index contributed by atoms with van der Waals surface area (Å²) in [5.74, 6) is 0.0488. The van der Waals surface area contributed by atoms with Gasteiger partial charge in [-0.15, -0.1) is 0 Å². The summed E-state index contributed by atoms with van der Waals surface area (Å²) in [5, 5.41) is 6.20. The van der Waals surface area contributed by atoms with Crippen molar-refractivity contribution >= 4 is 17.3 Å². The Hall–Kier alpha value is -1.59. The van der Waals surface area contributed by atoms with Crippen LogP contribution >= 0.6 is 0 Å². The van der Waals surface area contributed by atoms with E-state index in [-0.39, 0.29) is 5.91 Å². The van der Waals surface area contributed by atoms with Gasteiger partial charge in [0.2, 0.25) is 5.91 Å². The quantitative estimate of drug-likeness (QED) is 0.679. The molecule has 0 aliphatic heterocycles. The predicted molar refractivity (Wildman–Crippen MR) is 90.1 cm³/mol. The Kier molecular flexibility index (Phi) is 7.79. The first-order chi connectivity index (χ1) is 9.99. The van der Waals surface area contributed by atoms with Crippen molar-refractivity contribution in [3.05, 3.63) is 24.3 Å². The summed E-state index contributed by atoms with van der Waals surface area (Å²) in [6, 6.07) is 7.85. The summed E-state index contributed by atoms with van der Waals surface area (Å²) < 4.78 is 0. The SMILES string of the molecule is CN(C)CCCNCCC(=O)Nc1ccc(N(C)C)cc1. The number of anilines is 2. The molecule has 0 atom stereocenters. The van der Waals surface area contributed by atoms with Gasteiger partial charge in [0, 0.05) is 38.4 Å². The molecular weight excluding hydrogens is 264 g/mol. The fourth-order valence-electron chi connectivity index (χ4n) is 1.91. The topological polar surface area (TPSA) is 47.6 Å². The minimum Gasteiger partial charge on any atom is -0.378 e. The lowest BCUT2D eigenvalue weighted by atomic mass is 10.2. The van der Waals surface area contributed by atoms with Crippen molar-refractivity contribution in [2.24, 2.45) is 0 Å². The number of nitrogens with zero attached hydrogens (tertiary/aromatic N) is 2. The number of nitrogens with one attached hydrogen (secondary N) is 2. The van der Waals surface area contributed by atoms with E-state index >= 15 is 0 Å². The fourth-order valence-corrected chi connectivity index (χ4v) is 1.91. The molecule has 21 heavy (non-hydrogen) atoms. The first-order valence-electron chi connectivity index (χ1n) is 7.41. The molecule has 0 radical (unpaired) electrons. The number of carbonyl (C=O) groups is 1. The zero-order chi connectivity index (χ0) is 15.7. The summed E-state index contributed by atoms with van der Waals surface area (Å²) >= 11 is 0. The molecule has 0 saturated heterocycles. The Balaban J connectivity index is 2.18. The van der Waals surface area contributed by atoms with Crippen molar-refractivity contribution in [2.75, 3.05) is 58.0 Å². The molecule has 2 N–H and O–H groups in total. The monoisotopic (exact) mass is 292 g/mol. The Morgan fingerprint density at radius 1 is 1.05 bits per heavy atom. The first kappa shape index (κ1) is 17.5. The lowest BCUT2D eigenvalue weighted by Crippen LogP contribution is -2.25. The zero-order valence-electron chi connectivity index (χ0n) is 13.6. The van der Waals surface area contributed by atoms with Gasteiger partial charge in [-0.3, -0.25) is 4.79 Å². The van der Waals surface area contributed by atoms with Gasteiger partial charge in [-0.05, 0) is 57.9 Å². The second-order valence-corrected chi connectivity index (χ2v) is 5.65. The van der Waals surface area contributed by atoms with Gasteiger partial charge in [0.15, 0.2) is 0 Å². The van der Waals surface area contributed by atoms with Gasteiger partial charge in [-0.25, -0.2) is 0 Å². The minimum atomic E-state index is 0.0488. The second-order valence-electron chi connectivity index (χ2n) is 5.65. The highest BCUT2D eigenvalue weighted by molar-refractivity contribution is 5.90. The molecule has 0 fully saturated rings. The molecule has 0 bridgehead atoms. The molecule has 1 aromatic rings. The van der Waals surface area contributed by atoms with Crippen molar-refractivity contribution in [1.82, 2.24) is 10.2 Å². The lowest BCUT2D eigenvalue weighted by molar-refractivity contribution is -0.116. The maximum Gasteiger partial charge on any atom is 0.225 e. The van der Waals surface area contributed by atoms with Crippen LogP contribution in [0.4, 0.5) is 11.4 Å². The molecule has 0 heterocycles. The number of hydrogen-bond acceptors (Lipinski definition) is 4. The van der Waals surface area contributed by atoms with E-state index in [0.29, 0.717) is 6.42 Å². The van der Waals surface area contributed by atoms with E-state index in [0.717, 1.165) is 37.4 Å². The molecule has 1 rings (SSSR count). The standard InChI is InChI=1S/C16H28N4O/c1-19(2)13-5-11-17-12-10-16(21)18-14-6-8-15(9-7-14)20(3)4/h6-9,17H,5,10-13H2,1-4H3,(H,18,21). The minimum absolute atomic E-state index is 0.0488. The van der Waals surface area contributed by atoms with Gasteiger partial charge in [0.1, 0.15) is 0 Å². The van der Waals surface area contributed by atoms with Crippen LogP contribution in [0, 0.1) is 0 Å². The molecule has 1 amide bonds. The third-order valence-corrected chi connectivity index (χ3v) is 3.16. The molecule has 5 heteroatoms. The molecule has 0 unspecified atom stereocenters. The van der Waals surface area contributed by atoms with E-state index in [2.05, 4.69) is 29.6 Å². The largest absolute Gasteiger partial charge is 0.378 e. The van der Waals surface area contributed by atoms with Crippen LogP contribution in [0.3, 0.4) is 0 Å². The van der Waals surface area contributed by atoms with E-state index in [1.807, 2.05) is 43.3 Å². The first-order valence-corrected chi connectivity index (χ1v) is 7.41. The summed E-state index contributed by atoms with van der Waals surface area (Å²) in [6.07, 6.45) is 1.60. The average Bonchev–Trinajstić information content (AvgIpc) is 2.43. The molecule has 1 aromatic carbocycles. The third kappa shape index (κ3) is 7.68. The molecule has 0 aliphatic carbocycles. The average molecular weight is 292 g/mol. The molecule has 118 valence electrons. The summed E-state index contributed by atoms with van der Waals surface area (Å²) in [4.78, 5) is 16.0. The Bertz CT molecular complexity index is 415. The Morgan fingerprint density at radius 3 is 2.29 bits per heavy atom. The Morgan fingerprint density at radius 2 is 1.71 bits per heavy atom. The van der Waals surface area contributed by atoms with E-state index in [9.17, 15) is 4.79 Å². The van der Waals surface area contributed by atoms with Crippen LogP contribution in [0.1, 0.15) is 12.8 Å². The highest BCUT2D eigenvalue weighted by Crippen LogP contribution is 2.15. The highest BCUT2D eigenvalue weighted by Gasteiger charge is 2.02. The van der Waals surface area contributed by atoms with E-state index in [1.165, 1.54) is 0 Å². The fraction of sp³-hybridized carbons (Fsp3) is 0.562. The number of benzene rings is 1. The summed E-state index contributed by atoms with van der Waals surface area (Å²) in [5.41, 5.74) is 1.97. The van der Waals surface area contributed by atoms with Gasteiger partial charge < -0.3 is 20.4 Å². The van der Waals surface area contributed by atoms with Crippen LogP contribution in [-0.2, 0) is 4.79 Å². The molecular formula is C16H28N4O. The third-order valence-electron chi connectivity index (χ3n) is 3.16. The summed E-state index contributed by atoms with van der Waals surface area (Å²) in [6.45, 7) is 2.73. The maximum atomic E-state index is 11.8. The van der Waals surface area contributed by atoms with E-state index in [4.69, 9.17) is 0 Å². The van der Waals surface area contributed by atoms with Crippen LogP contribution < -0.4 is 15.5 Å². The van der Waals surface area contributed by atoms with E-state index < -0.39 is 0 Å². The van der Waals surface area contributed by atoms with Crippen LogP contribution in [0.25, 0.3) is 0 Å². The number of hydrogen-bond donors (Lipinski definition) is 2. The van der Waals surface area contributed by atoms with Gasteiger partial charge in [-0.2, -0.15) is 0 Å². The van der Waals surface area contributed by atoms with Crippen molar-refractivity contribution in [2.45, 2.75) is 12.8 Å². The van der Waals surface area contributed by atoms with Crippen LogP contribution in [-0.4, -0.2) is 58.6 Å². The van der Waals surface area contributed by atoms with E-state index in [1.54, 1.807) is 0 Å². The molecule has 0 spiro atoms. The van der Waals surface area contributed by atoms with Gasteiger partial charge in [-0.1, -0.05) is 0 Å². The maximum absolute atomic E-state index is 11.8. The molecule has 0 aliphatic rings. The van der Waals surface area contributed by atoms with Gasteiger partial charge >= 0.3 is 0 Å². The predicted octanol–water partition coefficient (Wildman–Crippen LogP) is 1.62. The highest BCUT2D eigenvalue weighted by atomic mass is 16.1. The lowest BCUT2D eigenvalue weighted by Gasteiger charge is -2.13. The van der Waals surface area contributed by atoms with Gasteiger partial charge in [0.05, 0.1) is 0 Å². The van der Waals surface area contributed by atoms with Crippen LogP contribution in [0.2, 0.25) is 0 Å². The van der Waals surface area contributed by atoms with Crippen molar-refractivity contribution in [1.29, 1.82) is 0 Å².